The van der Waals surface area contributed by atoms with Crippen LogP contribution in [0.3, 0.4) is 0 Å². The van der Waals surface area contributed by atoms with Gasteiger partial charge in [-0.3, -0.25) is 4.79 Å². The summed E-state index contributed by atoms with van der Waals surface area (Å²) in [6.07, 6.45) is 2.83. The molecule has 1 aliphatic rings. The number of benzene rings is 3. The lowest BCUT2D eigenvalue weighted by molar-refractivity contribution is -0.130. The number of β-lactam (4-membered cyclic amide) rings is 1. The van der Waals surface area contributed by atoms with Gasteiger partial charge in [-0.15, -0.1) is 0 Å². The van der Waals surface area contributed by atoms with E-state index in [0.717, 1.165) is 36.3 Å². The van der Waals surface area contributed by atoms with Crippen LogP contribution in [0, 0.1) is 5.92 Å². The smallest absolute Gasteiger partial charge is 0.233 e. The number of hydrogen-bond acceptors (Lipinski definition) is 3. The van der Waals surface area contributed by atoms with E-state index in [2.05, 4.69) is 36.4 Å². The Balaban J connectivity index is 1.55. The van der Waals surface area contributed by atoms with Crippen LogP contribution in [0.4, 0.5) is 11.4 Å². The average Bonchev–Trinajstić information content (AvgIpc) is 2.75. The summed E-state index contributed by atoms with van der Waals surface area (Å²) in [5, 5.41) is 0. The van der Waals surface area contributed by atoms with Crippen LogP contribution in [0.15, 0.2) is 78.9 Å². The first-order chi connectivity index (χ1) is 14.2. The number of methoxy groups -OCH3 is 1. The zero-order valence-electron chi connectivity index (χ0n) is 16.6. The third kappa shape index (κ3) is 3.97. The van der Waals surface area contributed by atoms with Crippen LogP contribution < -0.4 is 15.4 Å². The van der Waals surface area contributed by atoms with E-state index in [0.29, 0.717) is 5.69 Å². The molecule has 4 rings (SSSR count). The van der Waals surface area contributed by atoms with Gasteiger partial charge in [-0.1, -0.05) is 48.5 Å². The molecule has 0 spiro atoms. The Kier molecular flexibility index (Phi) is 5.52. The fraction of sp³-hybridized carbons (Fsp3) is 0.240. The van der Waals surface area contributed by atoms with Crippen LogP contribution in [0.2, 0.25) is 0 Å². The topological polar surface area (TPSA) is 55.6 Å². The van der Waals surface area contributed by atoms with Crippen LogP contribution in [-0.4, -0.2) is 13.0 Å². The van der Waals surface area contributed by atoms with E-state index >= 15 is 0 Å². The molecule has 4 heteroatoms. The van der Waals surface area contributed by atoms with E-state index in [9.17, 15) is 4.79 Å². The van der Waals surface area contributed by atoms with E-state index in [4.69, 9.17) is 10.5 Å². The van der Waals surface area contributed by atoms with Gasteiger partial charge in [0, 0.05) is 11.4 Å². The molecule has 148 valence electrons. The van der Waals surface area contributed by atoms with Gasteiger partial charge in [0.2, 0.25) is 5.91 Å². The van der Waals surface area contributed by atoms with Gasteiger partial charge < -0.3 is 15.4 Å². The summed E-state index contributed by atoms with van der Waals surface area (Å²) in [4.78, 5) is 15.0. The third-order valence-electron chi connectivity index (χ3n) is 5.64. The molecule has 4 nitrogen and oxygen atoms in total. The predicted molar refractivity (Wildman–Crippen MR) is 117 cm³/mol. The highest BCUT2D eigenvalue weighted by Gasteiger charge is 2.48. The number of aryl methyl sites for hydroxylation is 1. The number of hydrogen-bond donors (Lipinski definition) is 1. The van der Waals surface area contributed by atoms with Crippen molar-refractivity contribution in [1.82, 2.24) is 0 Å². The molecule has 1 heterocycles. The summed E-state index contributed by atoms with van der Waals surface area (Å²) in [6.45, 7) is 0. The van der Waals surface area contributed by atoms with E-state index in [-0.39, 0.29) is 17.9 Å². The van der Waals surface area contributed by atoms with Crippen molar-refractivity contribution >= 4 is 17.3 Å². The molecule has 0 unspecified atom stereocenters. The lowest BCUT2D eigenvalue weighted by Crippen LogP contribution is -2.55. The monoisotopic (exact) mass is 386 g/mol. The average molecular weight is 386 g/mol. The number of amides is 1. The SMILES string of the molecule is COc1ccc([C@@H]2[C@@H](CCCc3ccccc3)C(=O)N2c2cccc(N)c2)cc1. The molecule has 3 aromatic rings. The van der Waals surface area contributed by atoms with Gasteiger partial charge in [-0.25, -0.2) is 0 Å². The first kappa shape index (κ1) is 19.1. The molecule has 2 atom stereocenters. The maximum Gasteiger partial charge on any atom is 0.233 e. The molecular weight excluding hydrogens is 360 g/mol. The van der Waals surface area contributed by atoms with Gasteiger partial charge in [0.15, 0.2) is 0 Å². The lowest BCUT2D eigenvalue weighted by Gasteiger charge is -2.48. The van der Waals surface area contributed by atoms with Crippen LogP contribution in [-0.2, 0) is 11.2 Å². The highest BCUT2D eigenvalue weighted by Crippen LogP contribution is 2.46. The minimum Gasteiger partial charge on any atom is -0.497 e. The van der Waals surface area contributed by atoms with E-state index in [1.54, 1.807) is 7.11 Å². The predicted octanol–water partition coefficient (Wildman–Crippen LogP) is 5.00. The largest absolute Gasteiger partial charge is 0.497 e. The summed E-state index contributed by atoms with van der Waals surface area (Å²) in [5.41, 5.74) is 9.92. The number of rotatable bonds is 7. The molecule has 29 heavy (non-hydrogen) atoms. The van der Waals surface area contributed by atoms with E-state index in [1.807, 2.05) is 47.4 Å². The van der Waals surface area contributed by atoms with Crippen molar-refractivity contribution < 1.29 is 9.53 Å². The van der Waals surface area contributed by atoms with Gasteiger partial charge in [-0.2, -0.15) is 0 Å². The molecule has 0 radical (unpaired) electrons. The number of nitrogens with two attached hydrogens (primary N) is 1. The Labute approximate surface area is 171 Å². The summed E-state index contributed by atoms with van der Waals surface area (Å²) in [5.74, 6) is 0.966. The number of nitrogen functional groups attached to an aromatic ring is 1. The maximum absolute atomic E-state index is 13.1. The lowest BCUT2D eigenvalue weighted by atomic mass is 9.78. The van der Waals surface area contributed by atoms with Crippen molar-refractivity contribution in [3.63, 3.8) is 0 Å². The molecule has 2 N–H and O–H groups in total. The Bertz CT molecular complexity index is 970. The zero-order chi connectivity index (χ0) is 20.2. The first-order valence-electron chi connectivity index (χ1n) is 10.0. The van der Waals surface area contributed by atoms with Gasteiger partial charge in [0.25, 0.3) is 0 Å². The van der Waals surface area contributed by atoms with Gasteiger partial charge >= 0.3 is 0 Å². The zero-order valence-corrected chi connectivity index (χ0v) is 16.6. The molecule has 1 saturated heterocycles. The molecule has 0 aromatic heterocycles. The molecule has 1 fully saturated rings. The van der Waals surface area contributed by atoms with Crippen LogP contribution in [0.25, 0.3) is 0 Å². The molecular formula is C25H26N2O2. The summed E-state index contributed by atoms with van der Waals surface area (Å²) < 4.78 is 5.29. The summed E-state index contributed by atoms with van der Waals surface area (Å²) in [7, 11) is 1.66. The normalized spacial score (nSPS) is 18.4. The minimum absolute atomic E-state index is 0.0194. The first-order valence-corrected chi connectivity index (χ1v) is 10.0. The van der Waals surface area contributed by atoms with Crippen LogP contribution in [0.1, 0.15) is 30.0 Å². The second-order valence-electron chi connectivity index (χ2n) is 7.51. The van der Waals surface area contributed by atoms with E-state index < -0.39 is 0 Å². The highest BCUT2D eigenvalue weighted by atomic mass is 16.5. The van der Waals surface area contributed by atoms with Crippen molar-refractivity contribution in [1.29, 1.82) is 0 Å². The third-order valence-corrected chi connectivity index (χ3v) is 5.64. The Hall–Kier alpha value is -3.27. The van der Waals surface area contributed by atoms with Crippen molar-refractivity contribution in [2.24, 2.45) is 5.92 Å². The number of ether oxygens (including phenoxy) is 1. The molecule has 1 amide bonds. The number of carbonyl (C=O) groups excluding carboxylic acids is 1. The highest BCUT2D eigenvalue weighted by molar-refractivity contribution is 6.03. The molecule has 0 saturated carbocycles. The summed E-state index contributed by atoms with van der Waals surface area (Å²) in [6, 6.07) is 26.0. The Morgan fingerprint density at radius 2 is 1.72 bits per heavy atom. The van der Waals surface area contributed by atoms with Crippen LogP contribution in [0.5, 0.6) is 5.75 Å². The fourth-order valence-electron chi connectivity index (χ4n) is 4.15. The second-order valence-corrected chi connectivity index (χ2v) is 7.51. The van der Waals surface area contributed by atoms with Gasteiger partial charge in [0.05, 0.1) is 19.1 Å². The maximum atomic E-state index is 13.1. The number of nitrogens with zero attached hydrogens (tertiary/aromatic N) is 1. The Morgan fingerprint density at radius 3 is 2.41 bits per heavy atom. The molecule has 0 aliphatic carbocycles. The van der Waals surface area contributed by atoms with Crippen molar-refractivity contribution in [3.05, 3.63) is 90.0 Å². The van der Waals surface area contributed by atoms with Gasteiger partial charge in [-0.05, 0) is 60.7 Å². The quantitative estimate of drug-likeness (QED) is 0.459. The minimum atomic E-state index is -0.0199. The standard InChI is InChI=1S/C25H26N2O2/c1-29-22-15-13-19(14-16-22)24-23(12-5-9-18-7-3-2-4-8-18)25(28)27(24)21-11-6-10-20(26)17-21/h2-4,6-8,10-11,13-17,23-24H,5,9,12,26H2,1H3/t23-,24-/m1/s1. The van der Waals surface area contributed by atoms with Gasteiger partial charge in [0.1, 0.15) is 5.75 Å². The number of carbonyl (C=O) groups is 1. The fourth-order valence-corrected chi connectivity index (χ4v) is 4.15. The van der Waals surface area contributed by atoms with Crippen molar-refractivity contribution in [2.75, 3.05) is 17.7 Å². The second kappa shape index (κ2) is 8.39. The molecule has 0 bridgehead atoms. The van der Waals surface area contributed by atoms with Crippen molar-refractivity contribution in [3.8, 4) is 5.75 Å². The summed E-state index contributed by atoms with van der Waals surface area (Å²) >= 11 is 0. The molecule has 1 aliphatic heterocycles. The van der Waals surface area contributed by atoms with E-state index in [1.165, 1.54) is 5.56 Å². The van der Waals surface area contributed by atoms with Crippen LogP contribution >= 0.6 is 0 Å². The van der Waals surface area contributed by atoms with Crippen molar-refractivity contribution in [2.45, 2.75) is 25.3 Å². The number of anilines is 2. The Morgan fingerprint density at radius 1 is 0.966 bits per heavy atom. The molecule has 3 aromatic carbocycles.